The predicted molar refractivity (Wildman–Crippen MR) is 54.7 cm³/mol. The average molecular weight is 187 g/mol. The zero-order chi connectivity index (χ0) is 10.5. The van der Waals surface area contributed by atoms with Crippen molar-refractivity contribution in [3.05, 3.63) is 0 Å². The Morgan fingerprint density at radius 3 is 2.08 bits per heavy atom. The molecule has 0 saturated carbocycles. The number of hydrogen-bond acceptors (Lipinski definition) is 3. The molecule has 0 unspecified atom stereocenters. The summed E-state index contributed by atoms with van der Waals surface area (Å²) in [7, 11) is 1.47. The summed E-state index contributed by atoms with van der Waals surface area (Å²) in [6.07, 6.45) is 1.37. The van der Waals surface area contributed by atoms with Gasteiger partial charge in [0.05, 0.1) is 13.2 Å². The molecule has 0 N–H and O–H groups in total. The molecule has 0 radical (unpaired) electrons. The monoisotopic (exact) mass is 187 g/mol. The lowest BCUT2D eigenvalue weighted by Gasteiger charge is -2.29. The standard InChI is InChI=1S/C10H21NO2/c1-8(2)9(10(3,4)5)11-7-13-12-6/h7-9H,1-6H3/t9-/m0/s1. The topological polar surface area (TPSA) is 30.8 Å². The van der Waals surface area contributed by atoms with Gasteiger partial charge in [0.25, 0.3) is 0 Å². The van der Waals surface area contributed by atoms with E-state index in [0.29, 0.717) is 5.92 Å². The van der Waals surface area contributed by atoms with E-state index < -0.39 is 0 Å². The smallest absolute Gasteiger partial charge is 0.215 e. The minimum atomic E-state index is 0.155. The van der Waals surface area contributed by atoms with Crippen LogP contribution in [0.3, 0.4) is 0 Å². The van der Waals surface area contributed by atoms with Gasteiger partial charge in [0.2, 0.25) is 6.40 Å². The van der Waals surface area contributed by atoms with Crippen LogP contribution in [0, 0.1) is 11.3 Å². The van der Waals surface area contributed by atoms with Gasteiger partial charge in [-0.05, 0) is 11.3 Å². The zero-order valence-electron chi connectivity index (χ0n) is 9.50. The molecule has 3 nitrogen and oxygen atoms in total. The van der Waals surface area contributed by atoms with E-state index in [1.165, 1.54) is 13.5 Å². The highest BCUT2D eigenvalue weighted by atomic mass is 17.2. The van der Waals surface area contributed by atoms with Gasteiger partial charge >= 0.3 is 0 Å². The first kappa shape index (κ1) is 12.4. The summed E-state index contributed by atoms with van der Waals surface area (Å²) in [6.45, 7) is 10.8. The second kappa shape index (κ2) is 5.22. The Morgan fingerprint density at radius 2 is 1.77 bits per heavy atom. The van der Waals surface area contributed by atoms with Crippen LogP contribution in [-0.4, -0.2) is 19.6 Å². The van der Waals surface area contributed by atoms with Crippen molar-refractivity contribution in [2.45, 2.75) is 40.7 Å². The normalized spacial score (nSPS) is 15.3. The summed E-state index contributed by atoms with van der Waals surface area (Å²) < 4.78 is 0. The molecule has 0 aromatic heterocycles. The second-order valence-electron chi connectivity index (χ2n) is 4.57. The first-order valence-electron chi connectivity index (χ1n) is 4.60. The quantitative estimate of drug-likeness (QED) is 0.293. The van der Waals surface area contributed by atoms with Gasteiger partial charge in [-0.25, -0.2) is 0 Å². The minimum absolute atomic E-state index is 0.155. The molecule has 0 heterocycles. The van der Waals surface area contributed by atoms with Crippen molar-refractivity contribution in [1.29, 1.82) is 0 Å². The lowest BCUT2D eigenvalue weighted by atomic mass is 9.81. The Kier molecular flexibility index (Phi) is 4.99. The molecule has 0 aliphatic carbocycles. The van der Waals surface area contributed by atoms with E-state index in [2.05, 4.69) is 49.4 Å². The molecule has 0 fully saturated rings. The highest BCUT2D eigenvalue weighted by Gasteiger charge is 2.26. The molecule has 0 aliphatic rings. The molecule has 0 aliphatic heterocycles. The summed E-state index contributed by atoms with van der Waals surface area (Å²) in [6, 6.07) is 0.252. The fraction of sp³-hybridized carbons (Fsp3) is 0.900. The van der Waals surface area contributed by atoms with Gasteiger partial charge in [-0.2, -0.15) is 4.89 Å². The Balaban J connectivity index is 4.27. The van der Waals surface area contributed by atoms with Crippen molar-refractivity contribution in [3.63, 3.8) is 0 Å². The average Bonchev–Trinajstić information content (AvgIpc) is 1.94. The van der Waals surface area contributed by atoms with Crippen LogP contribution in [0.1, 0.15) is 34.6 Å². The largest absolute Gasteiger partial charge is 0.326 e. The van der Waals surface area contributed by atoms with E-state index >= 15 is 0 Å². The van der Waals surface area contributed by atoms with Gasteiger partial charge in [-0.1, -0.05) is 34.6 Å². The van der Waals surface area contributed by atoms with Gasteiger partial charge in [0.1, 0.15) is 0 Å². The molecule has 0 aromatic carbocycles. The Hall–Kier alpha value is -0.570. The van der Waals surface area contributed by atoms with E-state index in [9.17, 15) is 0 Å². The summed E-state index contributed by atoms with van der Waals surface area (Å²) >= 11 is 0. The van der Waals surface area contributed by atoms with E-state index in [1.807, 2.05) is 0 Å². The predicted octanol–water partition coefficient (Wildman–Crippen LogP) is 2.66. The van der Waals surface area contributed by atoms with Gasteiger partial charge in [-0.15, -0.1) is 0 Å². The second-order valence-corrected chi connectivity index (χ2v) is 4.57. The van der Waals surface area contributed by atoms with E-state index in [0.717, 1.165) is 0 Å². The number of hydrogen-bond donors (Lipinski definition) is 0. The molecule has 1 atom stereocenters. The molecule has 78 valence electrons. The van der Waals surface area contributed by atoms with Crippen LogP contribution >= 0.6 is 0 Å². The maximum absolute atomic E-state index is 4.62. The fourth-order valence-electron chi connectivity index (χ4n) is 1.53. The first-order chi connectivity index (χ1) is 5.89. The Bertz CT molecular complexity index is 159. The van der Waals surface area contributed by atoms with Crippen LogP contribution in [0.4, 0.5) is 0 Å². The van der Waals surface area contributed by atoms with Crippen molar-refractivity contribution in [3.8, 4) is 0 Å². The molecule has 13 heavy (non-hydrogen) atoms. The highest BCUT2D eigenvalue weighted by molar-refractivity contribution is 5.45. The summed E-state index contributed by atoms with van der Waals surface area (Å²) in [4.78, 5) is 13.4. The van der Waals surface area contributed by atoms with Crippen molar-refractivity contribution in [2.24, 2.45) is 16.3 Å². The third kappa shape index (κ3) is 4.88. The van der Waals surface area contributed by atoms with Crippen LogP contribution in [0.15, 0.2) is 4.99 Å². The van der Waals surface area contributed by atoms with E-state index in [4.69, 9.17) is 0 Å². The van der Waals surface area contributed by atoms with Crippen molar-refractivity contribution >= 4 is 6.40 Å². The van der Waals surface area contributed by atoms with Gasteiger partial charge in [0, 0.05) is 0 Å². The lowest BCUT2D eigenvalue weighted by molar-refractivity contribution is -0.188. The maximum Gasteiger partial charge on any atom is 0.215 e. The SMILES string of the molecule is COOC=N[C@@H](C(C)C)C(C)(C)C. The number of nitrogens with zero attached hydrogens (tertiary/aromatic N) is 1. The Morgan fingerprint density at radius 1 is 1.23 bits per heavy atom. The van der Waals surface area contributed by atoms with Crippen molar-refractivity contribution in [1.82, 2.24) is 0 Å². The summed E-state index contributed by atoms with van der Waals surface area (Å²) in [5.74, 6) is 0.497. The van der Waals surface area contributed by atoms with Crippen molar-refractivity contribution in [2.75, 3.05) is 7.11 Å². The van der Waals surface area contributed by atoms with Crippen LogP contribution in [-0.2, 0) is 9.78 Å². The van der Waals surface area contributed by atoms with E-state index in [-0.39, 0.29) is 11.5 Å². The molecule has 0 aromatic rings. The highest BCUT2D eigenvalue weighted by Crippen LogP contribution is 2.27. The molecule has 0 spiro atoms. The summed E-state index contributed by atoms with van der Waals surface area (Å²) in [5, 5.41) is 0. The molecule has 0 saturated heterocycles. The first-order valence-corrected chi connectivity index (χ1v) is 4.60. The van der Waals surface area contributed by atoms with Crippen LogP contribution in [0.5, 0.6) is 0 Å². The van der Waals surface area contributed by atoms with Gasteiger partial charge in [-0.3, -0.25) is 4.99 Å². The van der Waals surface area contributed by atoms with E-state index in [1.54, 1.807) is 0 Å². The third-order valence-electron chi connectivity index (χ3n) is 1.88. The van der Waals surface area contributed by atoms with Crippen LogP contribution in [0.2, 0.25) is 0 Å². The molecule has 0 rings (SSSR count). The van der Waals surface area contributed by atoms with Gasteiger partial charge < -0.3 is 4.89 Å². The zero-order valence-corrected chi connectivity index (χ0v) is 9.50. The summed E-state index contributed by atoms with van der Waals surface area (Å²) in [5.41, 5.74) is 0.155. The van der Waals surface area contributed by atoms with Crippen molar-refractivity contribution < 1.29 is 9.78 Å². The number of aliphatic imine (C=N–C) groups is 1. The molecular weight excluding hydrogens is 166 g/mol. The molecular formula is C10H21NO2. The van der Waals surface area contributed by atoms with Gasteiger partial charge in [0.15, 0.2) is 0 Å². The molecule has 3 heteroatoms. The number of rotatable bonds is 4. The molecule has 0 bridgehead atoms. The maximum atomic E-state index is 4.62. The fourth-order valence-corrected chi connectivity index (χ4v) is 1.53. The molecule has 0 amide bonds. The lowest BCUT2D eigenvalue weighted by Crippen LogP contribution is -2.29. The van der Waals surface area contributed by atoms with Crippen LogP contribution in [0.25, 0.3) is 0 Å². The third-order valence-corrected chi connectivity index (χ3v) is 1.88. The van der Waals surface area contributed by atoms with Crippen LogP contribution < -0.4 is 0 Å². The minimum Gasteiger partial charge on any atom is -0.326 e. The Labute approximate surface area is 81.1 Å².